The van der Waals surface area contributed by atoms with Gasteiger partial charge in [0.25, 0.3) is 0 Å². The predicted molar refractivity (Wildman–Crippen MR) is 89.2 cm³/mol. The van der Waals surface area contributed by atoms with Gasteiger partial charge in [-0.3, -0.25) is 9.69 Å². The van der Waals surface area contributed by atoms with E-state index in [2.05, 4.69) is 22.3 Å². The number of hydrogen-bond donors (Lipinski definition) is 2. The van der Waals surface area contributed by atoms with Crippen LogP contribution in [0.3, 0.4) is 0 Å². The third kappa shape index (κ3) is 4.38. The third-order valence-corrected chi connectivity index (χ3v) is 5.26. The number of likely N-dealkylation sites (tertiary alicyclic amines) is 1. The minimum atomic E-state index is -0.120. The van der Waals surface area contributed by atoms with Crippen molar-refractivity contribution < 1.29 is 14.6 Å². The zero-order valence-electron chi connectivity index (χ0n) is 13.1. The number of carbonyl (C=O) groups excluding carboxylic acids is 1. The second-order valence-corrected chi connectivity index (χ2v) is 6.65. The smallest absolute Gasteiger partial charge is 0.237 e. The van der Waals surface area contributed by atoms with Crippen molar-refractivity contribution in [2.75, 3.05) is 33.9 Å². The summed E-state index contributed by atoms with van der Waals surface area (Å²) in [6.45, 7) is 1.49. The summed E-state index contributed by atoms with van der Waals surface area (Å²) < 4.78 is 5.16. The highest BCUT2D eigenvalue weighted by Gasteiger charge is 2.35. The largest absolute Gasteiger partial charge is 0.497 e. The summed E-state index contributed by atoms with van der Waals surface area (Å²) in [6.07, 6.45) is 0.834. The number of β-amino-alcohol motifs (C(OH)–C–C–N with tert-alkyl or cyclic N) is 1. The van der Waals surface area contributed by atoms with Crippen molar-refractivity contribution >= 4 is 17.7 Å². The van der Waals surface area contributed by atoms with Gasteiger partial charge in [0.2, 0.25) is 5.91 Å². The summed E-state index contributed by atoms with van der Waals surface area (Å²) >= 11 is 1.87. The number of thioether (sulfide) groups is 1. The first-order valence-electron chi connectivity index (χ1n) is 7.49. The average molecular weight is 324 g/mol. The fourth-order valence-electron chi connectivity index (χ4n) is 2.73. The molecular weight excluding hydrogens is 300 g/mol. The van der Waals surface area contributed by atoms with Crippen LogP contribution in [0.25, 0.3) is 0 Å². The van der Waals surface area contributed by atoms with E-state index in [1.165, 1.54) is 5.56 Å². The van der Waals surface area contributed by atoms with Gasteiger partial charge >= 0.3 is 0 Å². The van der Waals surface area contributed by atoms with E-state index in [0.717, 1.165) is 24.5 Å². The number of carbonyl (C=O) groups is 1. The first-order valence-corrected chi connectivity index (χ1v) is 8.53. The minimum absolute atomic E-state index is 0.0426. The average Bonchev–Trinajstić information content (AvgIpc) is 2.96. The fourth-order valence-corrected chi connectivity index (χ4v) is 3.97. The first-order chi connectivity index (χ1) is 10.7. The number of methoxy groups -OCH3 is 1. The van der Waals surface area contributed by atoms with Crippen molar-refractivity contribution in [3.8, 4) is 5.75 Å². The van der Waals surface area contributed by atoms with Crippen LogP contribution in [0.15, 0.2) is 24.3 Å². The molecule has 1 aromatic rings. The second-order valence-electron chi connectivity index (χ2n) is 5.37. The van der Waals surface area contributed by atoms with Crippen LogP contribution in [0.2, 0.25) is 0 Å². The van der Waals surface area contributed by atoms with Gasteiger partial charge in [0.15, 0.2) is 0 Å². The van der Waals surface area contributed by atoms with Gasteiger partial charge in [0, 0.05) is 31.1 Å². The molecule has 0 bridgehead atoms. The molecule has 2 N–H and O–H groups in total. The number of nitrogens with one attached hydrogen (secondary N) is 1. The summed E-state index contributed by atoms with van der Waals surface area (Å²) in [5.74, 6) is 1.83. The lowest BCUT2D eigenvalue weighted by Gasteiger charge is -2.21. The Morgan fingerprint density at radius 2 is 2.18 bits per heavy atom. The van der Waals surface area contributed by atoms with E-state index in [1.807, 2.05) is 23.9 Å². The molecule has 1 aliphatic heterocycles. The number of benzene rings is 1. The van der Waals surface area contributed by atoms with Crippen molar-refractivity contribution in [2.45, 2.75) is 23.5 Å². The number of aliphatic hydroxyl groups is 1. The van der Waals surface area contributed by atoms with Gasteiger partial charge in [-0.05, 0) is 24.1 Å². The number of rotatable bonds is 7. The summed E-state index contributed by atoms with van der Waals surface area (Å²) in [4.78, 5) is 14.0. The Morgan fingerprint density at radius 1 is 1.45 bits per heavy atom. The molecule has 22 heavy (non-hydrogen) atoms. The molecule has 0 radical (unpaired) electrons. The Kier molecular flexibility index (Phi) is 6.54. The molecule has 1 saturated heterocycles. The molecule has 1 amide bonds. The maximum Gasteiger partial charge on any atom is 0.237 e. The van der Waals surface area contributed by atoms with Crippen molar-refractivity contribution in [3.05, 3.63) is 29.8 Å². The molecule has 2 atom stereocenters. The van der Waals surface area contributed by atoms with E-state index >= 15 is 0 Å². The third-order valence-electron chi connectivity index (χ3n) is 3.95. The molecule has 5 nitrogen and oxygen atoms in total. The molecular formula is C16H24N2O3S. The summed E-state index contributed by atoms with van der Waals surface area (Å²) in [6, 6.07) is 7.96. The molecule has 0 saturated carbocycles. The molecule has 1 fully saturated rings. The Morgan fingerprint density at radius 3 is 2.77 bits per heavy atom. The molecule has 0 spiro atoms. The molecule has 1 aromatic carbocycles. The van der Waals surface area contributed by atoms with Gasteiger partial charge in [-0.15, -0.1) is 0 Å². The Labute approximate surface area is 136 Å². The lowest BCUT2D eigenvalue weighted by atomic mass is 10.2. The number of amides is 1. The molecule has 1 heterocycles. The molecule has 2 rings (SSSR count). The Hall–Kier alpha value is -1.24. The minimum Gasteiger partial charge on any atom is -0.497 e. The number of hydrogen-bond acceptors (Lipinski definition) is 5. The Balaban J connectivity index is 1.88. The van der Waals surface area contributed by atoms with E-state index in [9.17, 15) is 4.79 Å². The topological polar surface area (TPSA) is 61.8 Å². The summed E-state index contributed by atoms with van der Waals surface area (Å²) in [7, 11) is 3.33. The SMILES string of the molecule is CNC(=O)[C@@H]1C[C@H](SCc2ccc(OC)cc2)CN1CCO. The van der Waals surface area contributed by atoms with Crippen molar-refractivity contribution in [2.24, 2.45) is 0 Å². The van der Waals surface area contributed by atoms with Gasteiger partial charge in [0.1, 0.15) is 5.75 Å². The van der Waals surface area contributed by atoms with E-state index in [0.29, 0.717) is 11.8 Å². The number of likely N-dealkylation sites (N-methyl/N-ethyl adjacent to an activating group) is 1. The molecule has 1 aliphatic rings. The highest BCUT2D eigenvalue weighted by molar-refractivity contribution is 7.99. The van der Waals surface area contributed by atoms with Crippen molar-refractivity contribution in [3.63, 3.8) is 0 Å². The quantitative estimate of drug-likeness (QED) is 0.787. The van der Waals surface area contributed by atoms with Crippen LogP contribution in [0.1, 0.15) is 12.0 Å². The van der Waals surface area contributed by atoms with Crippen LogP contribution in [0.5, 0.6) is 5.75 Å². The van der Waals surface area contributed by atoms with Gasteiger partial charge in [-0.1, -0.05) is 12.1 Å². The van der Waals surface area contributed by atoms with Crippen molar-refractivity contribution in [1.29, 1.82) is 0 Å². The lowest BCUT2D eigenvalue weighted by molar-refractivity contribution is -0.125. The van der Waals surface area contributed by atoms with Crippen molar-refractivity contribution in [1.82, 2.24) is 10.2 Å². The van der Waals surface area contributed by atoms with Crippen LogP contribution in [0, 0.1) is 0 Å². The van der Waals surface area contributed by atoms with E-state index in [1.54, 1.807) is 14.2 Å². The van der Waals surface area contributed by atoms with Gasteiger partial charge in [-0.2, -0.15) is 11.8 Å². The van der Waals surface area contributed by atoms with E-state index < -0.39 is 0 Å². The summed E-state index contributed by atoms with van der Waals surface area (Å²) in [5, 5.41) is 12.3. The zero-order valence-corrected chi connectivity index (χ0v) is 13.9. The van der Waals surface area contributed by atoms with E-state index in [-0.39, 0.29) is 18.6 Å². The highest BCUT2D eigenvalue weighted by Crippen LogP contribution is 2.30. The number of nitrogens with zero attached hydrogens (tertiary/aromatic N) is 1. The fraction of sp³-hybridized carbons (Fsp3) is 0.562. The van der Waals surface area contributed by atoms with Gasteiger partial charge in [0.05, 0.1) is 19.8 Å². The van der Waals surface area contributed by atoms with Crippen LogP contribution >= 0.6 is 11.8 Å². The van der Waals surface area contributed by atoms with Crippen LogP contribution in [-0.4, -0.2) is 61.1 Å². The predicted octanol–water partition coefficient (Wildman–Crippen LogP) is 1.11. The van der Waals surface area contributed by atoms with Gasteiger partial charge in [-0.25, -0.2) is 0 Å². The molecule has 122 valence electrons. The zero-order chi connectivity index (χ0) is 15.9. The standard InChI is InChI=1S/C16H24N2O3S/c1-17-16(20)15-9-14(10-18(15)7-8-19)22-11-12-3-5-13(21-2)6-4-12/h3-6,14-15,19H,7-11H2,1-2H3,(H,17,20)/t14-,15-/m0/s1. The molecule has 6 heteroatoms. The second kappa shape index (κ2) is 8.41. The normalized spacial score (nSPS) is 21.8. The monoisotopic (exact) mass is 324 g/mol. The maximum absolute atomic E-state index is 11.9. The lowest BCUT2D eigenvalue weighted by Crippen LogP contribution is -2.42. The van der Waals surface area contributed by atoms with Crippen LogP contribution in [0.4, 0.5) is 0 Å². The first kappa shape index (κ1) is 17.1. The molecule has 0 aromatic heterocycles. The molecule has 0 unspecified atom stereocenters. The van der Waals surface area contributed by atoms with Crippen LogP contribution < -0.4 is 10.1 Å². The maximum atomic E-state index is 11.9. The van der Waals surface area contributed by atoms with E-state index in [4.69, 9.17) is 9.84 Å². The molecule has 0 aliphatic carbocycles. The van der Waals surface area contributed by atoms with Gasteiger partial charge < -0.3 is 15.2 Å². The Bertz CT molecular complexity index is 481. The number of ether oxygens (including phenoxy) is 1. The van der Waals surface area contributed by atoms with Crippen LogP contribution in [-0.2, 0) is 10.5 Å². The number of aliphatic hydroxyl groups excluding tert-OH is 1. The summed E-state index contributed by atoms with van der Waals surface area (Å²) in [5.41, 5.74) is 1.25. The highest BCUT2D eigenvalue weighted by atomic mass is 32.2.